The normalized spacial score (nSPS) is 12.6. The minimum atomic E-state index is -4.21. The summed E-state index contributed by atoms with van der Waals surface area (Å²) < 4.78 is 23.5. The van der Waals surface area contributed by atoms with Gasteiger partial charge in [0.2, 0.25) is 0 Å². The second kappa shape index (κ2) is 2.82. The van der Waals surface area contributed by atoms with E-state index in [1.54, 1.807) is 0 Å². The van der Waals surface area contributed by atoms with Crippen molar-refractivity contribution in [2.75, 3.05) is 14.1 Å². The molecule has 0 spiro atoms. The topological polar surface area (TPSA) is 15.3 Å². The van der Waals surface area contributed by atoms with Crippen LogP contribution in [0.25, 0.3) is 0 Å². The Hall–Kier alpha value is 0.430. The van der Waals surface area contributed by atoms with Crippen molar-refractivity contribution in [2.24, 2.45) is 0 Å². The van der Waals surface area contributed by atoms with E-state index in [1.165, 1.54) is 14.1 Å². The van der Waals surface area contributed by atoms with E-state index >= 15 is 0 Å². The minimum Gasteiger partial charge on any atom is -0.242 e. The van der Waals surface area contributed by atoms with Gasteiger partial charge < -0.3 is 0 Å². The summed E-state index contributed by atoms with van der Waals surface area (Å²) in [6.45, 7) is -4.21. The van der Waals surface area contributed by atoms with Crippen molar-refractivity contribution in [1.82, 2.24) is 10.2 Å². The molecule has 0 atom stereocenters. The molecule has 0 unspecified atom stereocenters. The van der Waals surface area contributed by atoms with E-state index in [2.05, 4.69) is 11.8 Å². The Labute approximate surface area is 52.1 Å². The number of nitrogens with one attached hydrogen (secondary N) is 1. The first-order valence-corrected chi connectivity index (χ1v) is 4.45. The van der Waals surface area contributed by atoms with E-state index in [9.17, 15) is 8.39 Å². The van der Waals surface area contributed by atoms with E-state index < -0.39 is 6.81 Å². The molecule has 0 saturated carbocycles. The van der Waals surface area contributed by atoms with Crippen LogP contribution in [0.3, 0.4) is 0 Å². The van der Waals surface area contributed by atoms with Crippen molar-refractivity contribution in [1.29, 1.82) is 0 Å². The predicted molar refractivity (Wildman–Crippen MR) is 33.3 cm³/mol. The molecule has 0 aliphatic heterocycles. The highest BCUT2D eigenvalue weighted by Gasteiger charge is 2.11. The van der Waals surface area contributed by atoms with Crippen LogP contribution in [-0.4, -0.2) is 19.1 Å². The maximum Gasteiger partial charge on any atom is 0.352 e. The third-order valence-corrected chi connectivity index (χ3v) is 1.19. The summed E-state index contributed by atoms with van der Waals surface area (Å²) in [5.74, 6) is 0. The molecular formula is C2H7F2N2PS. The Morgan fingerprint density at radius 3 is 1.88 bits per heavy atom. The molecule has 6 heteroatoms. The molecule has 0 amide bonds. The van der Waals surface area contributed by atoms with E-state index in [-0.39, 0.29) is 0 Å². The summed E-state index contributed by atoms with van der Waals surface area (Å²) in [6, 6.07) is 0. The van der Waals surface area contributed by atoms with Crippen LogP contribution in [0.15, 0.2) is 0 Å². The maximum atomic E-state index is 11.7. The van der Waals surface area contributed by atoms with Crippen molar-refractivity contribution in [3.05, 3.63) is 0 Å². The fraction of sp³-hybridized carbons (Fsp3) is 1.00. The first-order valence-electron chi connectivity index (χ1n) is 1.86. The second-order valence-corrected chi connectivity index (χ2v) is 3.96. The monoisotopic (exact) mass is 160 g/mol. The molecule has 0 aliphatic rings. The number of hydrogen-bond donors (Lipinski definition) is 1. The van der Waals surface area contributed by atoms with E-state index in [0.29, 0.717) is 0 Å². The lowest BCUT2D eigenvalue weighted by atomic mass is 11.2. The lowest BCUT2D eigenvalue weighted by Crippen LogP contribution is -2.24. The van der Waals surface area contributed by atoms with E-state index in [4.69, 9.17) is 0 Å². The van der Waals surface area contributed by atoms with Gasteiger partial charge >= 0.3 is 6.81 Å². The molecule has 0 fully saturated rings. The van der Waals surface area contributed by atoms with Crippen molar-refractivity contribution in [2.45, 2.75) is 0 Å². The number of nitrogens with zero attached hydrogens (tertiary/aromatic N) is 1. The van der Waals surface area contributed by atoms with Gasteiger partial charge in [0.25, 0.3) is 0 Å². The first kappa shape index (κ1) is 8.43. The van der Waals surface area contributed by atoms with Gasteiger partial charge in [-0.25, -0.2) is 5.01 Å². The average molecular weight is 160 g/mol. The summed E-state index contributed by atoms with van der Waals surface area (Å²) in [6.07, 6.45) is 0. The molecule has 0 rings (SSSR count). The fourth-order valence-electron chi connectivity index (χ4n) is 0.233. The van der Waals surface area contributed by atoms with Crippen LogP contribution in [0, 0.1) is 0 Å². The zero-order valence-electron chi connectivity index (χ0n) is 4.56. The largest absolute Gasteiger partial charge is 0.352 e. The average Bonchev–Trinajstić information content (AvgIpc) is 1.21. The van der Waals surface area contributed by atoms with Crippen molar-refractivity contribution in [3.63, 3.8) is 0 Å². The van der Waals surface area contributed by atoms with E-state index in [0.717, 1.165) is 5.01 Å². The lowest BCUT2D eigenvalue weighted by molar-refractivity contribution is 0.360. The van der Waals surface area contributed by atoms with Gasteiger partial charge in [-0.2, -0.15) is 13.6 Å². The summed E-state index contributed by atoms with van der Waals surface area (Å²) in [5, 5.41) is 2.96. The van der Waals surface area contributed by atoms with Crippen molar-refractivity contribution >= 4 is 18.6 Å². The van der Waals surface area contributed by atoms with Crippen LogP contribution in [0.5, 0.6) is 0 Å². The highest BCUT2D eigenvalue weighted by Crippen LogP contribution is 2.44. The Kier molecular flexibility index (Phi) is 2.98. The van der Waals surface area contributed by atoms with Crippen LogP contribution in [-0.2, 0) is 11.8 Å². The molecule has 0 aromatic heterocycles. The number of rotatable bonds is 2. The van der Waals surface area contributed by atoms with Crippen LogP contribution >= 0.6 is 6.81 Å². The summed E-state index contributed by atoms with van der Waals surface area (Å²) in [4.78, 5) is 0. The van der Waals surface area contributed by atoms with E-state index in [1.807, 2.05) is 5.20 Å². The number of halogens is 2. The molecule has 0 aliphatic carbocycles. The molecule has 50 valence electrons. The number of hydrogen-bond acceptors (Lipinski definition) is 2. The quantitative estimate of drug-likeness (QED) is 0.483. The van der Waals surface area contributed by atoms with Gasteiger partial charge in [0.15, 0.2) is 0 Å². The van der Waals surface area contributed by atoms with Gasteiger partial charge in [0.1, 0.15) is 0 Å². The minimum absolute atomic E-state index is 1.15. The lowest BCUT2D eigenvalue weighted by Gasteiger charge is -2.10. The summed E-state index contributed by atoms with van der Waals surface area (Å²) in [7, 11) is 2.94. The predicted octanol–water partition coefficient (Wildman–Crippen LogP) is 1.22. The van der Waals surface area contributed by atoms with Crippen LogP contribution in [0.4, 0.5) is 8.39 Å². The summed E-state index contributed by atoms with van der Waals surface area (Å²) >= 11 is 3.79. The molecule has 0 saturated heterocycles. The SMILES string of the molecule is CN(C)NP(F)(F)=S. The van der Waals surface area contributed by atoms with Gasteiger partial charge in [-0.15, -0.1) is 0 Å². The Morgan fingerprint density at radius 1 is 1.50 bits per heavy atom. The van der Waals surface area contributed by atoms with Gasteiger partial charge in [-0.05, 0) is 11.8 Å². The maximum absolute atomic E-state index is 11.7. The van der Waals surface area contributed by atoms with Crippen molar-refractivity contribution in [3.8, 4) is 0 Å². The van der Waals surface area contributed by atoms with Gasteiger partial charge in [-0.3, -0.25) is 0 Å². The van der Waals surface area contributed by atoms with Crippen molar-refractivity contribution < 1.29 is 8.39 Å². The first-order chi connectivity index (χ1) is 3.42. The fourth-order valence-corrected chi connectivity index (χ4v) is 1.19. The van der Waals surface area contributed by atoms with Crippen LogP contribution in [0.1, 0.15) is 0 Å². The standard InChI is InChI=1S/C2H7F2N2PS/c1-6(2)5-7(3,4)8/h1-2H3,(H,5,8). The highest BCUT2D eigenvalue weighted by molar-refractivity contribution is 8.08. The van der Waals surface area contributed by atoms with Crippen LogP contribution < -0.4 is 5.20 Å². The highest BCUT2D eigenvalue weighted by atomic mass is 32.5. The molecule has 0 aromatic rings. The Balaban J connectivity index is 3.56. The number of hydrazine groups is 1. The second-order valence-electron chi connectivity index (χ2n) is 1.46. The molecule has 8 heavy (non-hydrogen) atoms. The molecule has 0 radical (unpaired) electrons. The zero-order chi connectivity index (χ0) is 6.78. The molecule has 0 aromatic carbocycles. The third-order valence-electron chi connectivity index (χ3n) is 0.316. The van der Waals surface area contributed by atoms with Gasteiger partial charge in [-0.1, -0.05) is 0 Å². The smallest absolute Gasteiger partial charge is 0.242 e. The Bertz CT molecular complexity index is 111. The summed E-state index contributed by atoms with van der Waals surface area (Å²) in [5.41, 5.74) is 0. The zero-order valence-corrected chi connectivity index (χ0v) is 6.27. The molecular weight excluding hydrogens is 153 g/mol. The van der Waals surface area contributed by atoms with Gasteiger partial charge in [0, 0.05) is 14.1 Å². The third kappa shape index (κ3) is 6.43. The molecule has 1 N–H and O–H groups in total. The molecule has 2 nitrogen and oxygen atoms in total. The molecule has 0 bridgehead atoms. The van der Waals surface area contributed by atoms with Gasteiger partial charge in [0.05, 0.1) is 0 Å². The van der Waals surface area contributed by atoms with Crippen LogP contribution in [0.2, 0.25) is 0 Å². The molecule has 0 heterocycles. The Morgan fingerprint density at radius 2 is 1.88 bits per heavy atom.